The highest BCUT2D eigenvalue weighted by Gasteiger charge is 2.18. The molecule has 0 spiro atoms. The van der Waals surface area contributed by atoms with Crippen LogP contribution in [0.5, 0.6) is 0 Å². The van der Waals surface area contributed by atoms with Crippen molar-refractivity contribution in [3.63, 3.8) is 0 Å². The van der Waals surface area contributed by atoms with Gasteiger partial charge in [0.1, 0.15) is 0 Å². The van der Waals surface area contributed by atoms with E-state index in [1.807, 2.05) is 6.92 Å². The molecule has 0 saturated heterocycles. The molecule has 100 valence electrons. The molecule has 0 saturated carbocycles. The molecule has 0 radical (unpaired) electrons. The molecule has 0 aliphatic rings. The Balaban J connectivity index is 2.51. The lowest BCUT2D eigenvalue weighted by Crippen LogP contribution is -2.05. The van der Waals surface area contributed by atoms with Gasteiger partial charge in [-0.05, 0) is 19.4 Å². The number of hydrogen-bond donors (Lipinski definition) is 0. The lowest BCUT2D eigenvalue weighted by atomic mass is 10.1. The highest BCUT2D eigenvalue weighted by Crippen LogP contribution is 2.26. The van der Waals surface area contributed by atoms with Crippen molar-refractivity contribution >= 4 is 5.69 Å². The molecular formula is C14H21NO3. The third-order valence-electron chi connectivity index (χ3n) is 2.94. The number of nitrogens with zero attached hydrogens (tertiary/aromatic N) is 1. The Morgan fingerprint density at radius 1 is 1.28 bits per heavy atom. The first-order valence-corrected chi connectivity index (χ1v) is 6.51. The number of ether oxygens (including phenoxy) is 1. The maximum atomic E-state index is 10.9. The molecule has 1 atom stereocenters. The highest BCUT2D eigenvalue weighted by molar-refractivity contribution is 5.41. The van der Waals surface area contributed by atoms with Crippen molar-refractivity contribution in [3.8, 4) is 0 Å². The van der Waals surface area contributed by atoms with Gasteiger partial charge in [0, 0.05) is 12.7 Å². The molecule has 0 heterocycles. The first-order valence-electron chi connectivity index (χ1n) is 6.51. The molecule has 0 aromatic heterocycles. The van der Waals surface area contributed by atoms with E-state index in [2.05, 4.69) is 6.92 Å². The van der Waals surface area contributed by atoms with E-state index in [-0.39, 0.29) is 16.7 Å². The summed E-state index contributed by atoms with van der Waals surface area (Å²) in [5.41, 5.74) is 0.788. The fourth-order valence-corrected chi connectivity index (χ4v) is 1.88. The van der Waals surface area contributed by atoms with E-state index in [4.69, 9.17) is 4.74 Å². The van der Waals surface area contributed by atoms with E-state index in [9.17, 15) is 10.1 Å². The van der Waals surface area contributed by atoms with Crippen molar-refractivity contribution in [2.75, 3.05) is 6.61 Å². The predicted molar refractivity (Wildman–Crippen MR) is 71.6 cm³/mol. The van der Waals surface area contributed by atoms with E-state index in [1.54, 1.807) is 18.2 Å². The zero-order valence-electron chi connectivity index (χ0n) is 11.1. The third-order valence-corrected chi connectivity index (χ3v) is 2.94. The molecule has 0 amide bonds. The summed E-state index contributed by atoms with van der Waals surface area (Å²) in [6, 6.07) is 6.76. The van der Waals surface area contributed by atoms with Crippen molar-refractivity contribution in [2.45, 2.75) is 45.6 Å². The van der Waals surface area contributed by atoms with Crippen molar-refractivity contribution in [1.82, 2.24) is 0 Å². The predicted octanol–water partition coefficient (Wildman–Crippen LogP) is 4.25. The van der Waals surface area contributed by atoms with E-state index in [1.165, 1.54) is 18.9 Å². The fourth-order valence-electron chi connectivity index (χ4n) is 1.88. The van der Waals surface area contributed by atoms with Crippen molar-refractivity contribution in [3.05, 3.63) is 39.9 Å². The Morgan fingerprint density at radius 2 is 2.00 bits per heavy atom. The molecule has 1 rings (SSSR count). The van der Waals surface area contributed by atoms with Gasteiger partial charge in [0.2, 0.25) is 0 Å². The second kappa shape index (κ2) is 7.82. The molecule has 1 unspecified atom stereocenters. The third kappa shape index (κ3) is 4.45. The molecule has 1 aromatic rings. The number of hydrogen-bond acceptors (Lipinski definition) is 3. The van der Waals surface area contributed by atoms with Crippen LogP contribution in [0.1, 0.15) is 51.2 Å². The summed E-state index contributed by atoms with van der Waals surface area (Å²) in [6.07, 6.45) is 4.34. The van der Waals surface area contributed by atoms with Crippen molar-refractivity contribution in [2.24, 2.45) is 0 Å². The molecule has 18 heavy (non-hydrogen) atoms. The average Bonchev–Trinajstić information content (AvgIpc) is 2.38. The van der Waals surface area contributed by atoms with Gasteiger partial charge in [-0.2, -0.15) is 0 Å². The van der Waals surface area contributed by atoms with E-state index in [0.29, 0.717) is 12.2 Å². The highest BCUT2D eigenvalue weighted by atomic mass is 16.6. The molecule has 0 aliphatic carbocycles. The Labute approximate surface area is 108 Å². The monoisotopic (exact) mass is 251 g/mol. The van der Waals surface area contributed by atoms with Crippen LogP contribution in [0.25, 0.3) is 0 Å². The second-order valence-corrected chi connectivity index (χ2v) is 4.39. The Hall–Kier alpha value is -1.42. The summed E-state index contributed by atoms with van der Waals surface area (Å²) >= 11 is 0. The summed E-state index contributed by atoms with van der Waals surface area (Å²) in [6.45, 7) is 4.69. The van der Waals surface area contributed by atoms with Gasteiger partial charge in [0.05, 0.1) is 16.6 Å². The Morgan fingerprint density at radius 3 is 2.67 bits per heavy atom. The lowest BCUT2D eigenvalue weighted by molar-refractivity contribution is -0.386. The van der Waals surface area contributed by atoms with Gasteiger partial charge in [-0.3, -0.25) is 10.1 Å². The van der Waals surface area contributed by atoms with Gasteiger partial charge < -0.3 is 4.74 Å². The van der Waals surface area contributed by atoms with Gasteiger partial charge in [0.15, 0.2) is 0 Å². The van der Waals surface area contributed by atoms with Crippen molar-refractivity contribution in [1.29, 1.82) is 0 Å². The van der Waals surface area contributed by atoms with Gasteiger partial charge in [-0.1, -0.05) is 38.3 Å². The van der Waals surface area contributed by atoms with E-state index >= 15 is 0 Å². The molecule has 0 aliphatic heterocycles. The minimum atomic E-state index is -0.355. The molecule has 0 fully saturated rings. The maximum absolute atomic E-state index is 10.9. The lowest BCUT2D eigenvalue weighted by Gasteiger charge is -2.13. The average molecular weight is 251 g/mol. The molecule has 0 N–H and O–H groups in total. The second-order valence-electron chi connectivity index (χ2n) is 4.39. The summed E-state index contributed by atoms with van der Waals surface area (Å²) in [7, 11) is 0. The van der Waals surface area contributed by atoms with Gasteiger partial charge >= 0.3 is 0 Å². The topological polar surface area (TPSA) is 52.4 Å². The van der Waals surface area contributed by atoms with Crippen LogP contribution in [0.2, 0.25) is 0 Å². The first-order chi connectivity index (χ1) is 8.66. The Kier molecular flexibility index (Phi) is 6.36. The number of para-hydroxylation sites is 1. The number of benzene rings is 1. The molecule has 0 bridgehead atoms. The van der Waals surface area contributed by atoms with Crippen LogP contribution < -0.4 is 0 Å². The maximum Gasteiger partial charge on any atom is 0.275 e. The number of unbranched alkanes of at least 4 members (excludes halogenated alkanes) is 3. The SMILES string of the molecule is CCCCCCOC(C)c1ccccc1[N+](=O)[O-]. The minimum absolute atomic E-state index is 0.138. The zero-order valence-corrected chi connectivity index (χ0v) is 11.1. The standard InChI is InChI=1S/C14H21NO3/c1-3-4-5-8-11-18-12(2)13-9-6-7-10-14(13)15(16)17/h6-7,9-10,12H,3-5,8,11H2,1-2H3. The van der Waals surface area contributed by atoms with E-state index in [0.717, 1.165) is 12.8 Å². The quantitative estimate of drug-likeness (QED) is 0.394. The summed E-state index contributed by atoms with van der Waals surface area (Å²) in [5, 5.41) is 10.9. The van der Waals surface area contributed by atoms with Crippen LogP contribution in [-0.2, 0) is 4.74 Å². The summed E-state index contributed by atoms with van der Waals surface area (Å²) in [5.74, 6) is 0. The zero-order chi connectivity index (χ0) is 13.4. The molecular weight excluding hydrogens is 230 g/mol. The number of rotatable bonds is 8. The minimum Gasteiger partial charge on any atom is -0.374 e. The normalized spacial score (nSPS) is 12.3. The summed E-state index contributed by atoms with van der Waals surface area (Å²) in [4.78, 5) is 10.5. The van der Waals surface area contributed by atoms with Crippen LogP contribution in [0.3, 0.4) is 0 Å². The largest absolute Gasteiger partial charge is 0.374 e. The van der Waals surface area contributed by atoms with Gasteiger partial charge in [-0.25, -0.2) is 0 Å². The van der Waals surface area contributed by atoms with Gasteiger partial charge in [-0.15, -0.1) is 0 Å². The fraction of sp³-hybridized carbons (Fsp3) is 0.571. The van der Waals surface area contributed by atoms with Crippen LogP contribution in [0.15, 0.2) is 24.3 Å². The summed E-state index contributed by atoms with van der Waals surface area (Å²) < 4.78 is 5.66. The van der Waals surface area contributed by atoms with Crippen LogP contribution >= 0.6 is 0 Å². The van der Waals surface area contributed by atoms with Gasteiger partial charge in [0.25, 0.3) is 5.69 Å². The van der Waals surface area contributed by atoms with E-state index < -0.39 is 0 Å². The van der Waals surface area contributed by atoms with Crippen LogP contribution in [-0.4, -0.2) is 11.5 Å². The molecule has 1 aromatic carbocycles. The Bertz CT molecular complexity index is 379. The molecule has 4 heteroatoms. The first kappa shape index (κ1) is 14.6. The van der Waals surface area contributed by atoms with Crippen molar-refractivity contribution < 1.29 is 9.66 Å². The molecule has 4 nitrogen and oxygen atoms in total. The number of nitro groups is 1. The number of nitro benzene ring substituents is 1. The van der Waals surface area contributed by atoms with Crippen LogP contribution in [0, 0.1) is 10.1 Å². The smallest absolute Gasteiger partial charge is 0.275 e. The van der Waals surface area contributed by atoms with Crippen LogP contribution in [0.4, 0.5) is 5.69 Å².